The minimum Gasteiger partial charge on any atom is -0.481 e. The van der Waals surface area contributed by atoms with Crippen LogP contribution in [0.4, 0.5) is 5.69 Å². The van der Waals surface area contributed by atoms with Gasteiger partial charge in [0.25, 0.3) is 0 Å². The predicted octanol–water partition coefficient (Wildman–Crippen LogP) is 1.90. The van der Waals surface area contributed by atoms with Gasteiger partial charge >= 0.3 is 5.97 Å². The third-order valence-electron chi connectivity index (χ3n) is 2.24. The molecule has 1 rings (SSSR count). The fourth-order valence-corrected chi connectivity index (χ4v) is 1.60. The first-order valence-corrected chi connectivity index (χ1v) is 4.58. The second-order valence-corrected chi connectivity index (χ2v) is 3.54. The molecule has 0 heterocycles. The van der Waals surface area contributed by atoms with Crippen molar-refractivity contribution in [2.24, 2.45) is 0 Å². The summed E-state index contributed by atoms with van der Waals surface area (Å²) in [5.41, 5.74) is 9.65. The molecule has 0 aliphatic heterocycles. The molecule has 76 valence electrons. The van der Waals surface area contributed by atoms with Gasteiger partial charge in [-0.3, -0.25) is 4.79 Å². The molecule has 1 aromatic carbocycles. The normalized spacial score (nSPS) is 10.1. The lowest BCUT2D eigenvalue weighted by Gasteiger charge is -2.09. The van der Waals surface area contributed by atoms with Crippen molar-refractivity contribution >= 4 is 11.7 Å². The zero-order valence-corrected chi connectivity index (χ0v) is 8.50. The van der Waals surface area contributed by atoms with Crippen LogP contribution in [0.5, 0.6) is 0 Å². The summed E-state index contributed by atoms with van der Waals surface area (Å²) in [6, 6.07) is 3.90. The summed E-state index contributed by atoms with van der Waals surface area (Å²) in [6.07, 6.45) is 0.640. The summed E-state index contributed by atoms with van der Waals surface area (Å²) in [4.78, 5) is 10.4. The summed E-state index contributed by atoms with van der Waals surface area (Å²) in [5.74, 6) is -0.788. The first-order valence-electron chi connectivity index (χ1n) is 4.58. The standard InChI is InChI=1S/C11H15NO2/c1-7-5-8(2)9(10(12)6-7)3-4-11(13)14/h5-6H,3-4,12H2,1-2H3,(H,13,14). The van der Waals surface area contributed by atoms with Gasteiger partial charge in [-0.2, -0.15) is 0 Å². The van der Waals surface area contributed by atoms with Gasteiger partial charge in [0.15, 0.2) is 0 Å². The molecule has 1 aromatic rings. The molecule has 3 nitrogen and oxygen atoms in total. The van der Waals surface area contributed by atoms with E-state index < -0.39 is 5.97 Å². The van der Waals surface area contributed by atoms with Crippen LogP contribution in [0.1, 0.15) is 23.1 Å². The Kier molecular flexibility index (Phi) is 3.12. The van der Waals surface area contributed by atoms with Crippen LogP contribution in [-0.4, -0.2) is 11.1 Å². The van der Waals surface area contributed by atoms with Crippen LogP contribution in [0.3, 0.4) is 0 Å². The number of carboxylic acids is 1. The number of rotatable bonds is 3. The molecule has 0 radical (unpaired) electrons. The van der Waals surface area contributed by atoms with Crippen molar-refractivity contribution < 1.29 is 9.90 Å². The van der Waals surface area contributed by atoms with E-state index in [1.54, 1.807) is 0 Å². The molecule has 14 heavy (non-hydrogen) atoms. The maximum absolute atomic E-state index is 10.4. The highest BCUT2D eigenvalue weighted by molar-refractivity contribution is 5.68. The molecular weight excluding hydrogens is 178 g/mol. The average molecular weight is 193 g/mol. The van der Waals surface area contributed by atoms with Crippen LogP contribution in [0.15, 0.2) is 12.1 Å². The Balaban J connectivity index is 2.91. The number of carboxylic acid groups (broad SMARTS) is 1. The molecule has 0 atom stereocenters. The third kappa shape index (κ3) is 2.49. The van der Waals surface area contributed by atoms with E-state index in [-0.39, 0.29) is 6.42 Å². The molecule has 0 aromatic heterocycles. The number of anilines is 1. The van der Waals surface area contributed by atoms with Crippen LogP contribution in [-0.2, 0) is 11.2 Å². The number of carbonyl (C=O) groups is 1. The Hall–Kier alpha value is -1.51. The van der Waals surface area contributed by atoms with E-state index in [1.165, 1.54) is 0 Å². The Bertz CT molecular complexity index is 335. The van der Waals surface area contributed by atoms with Gasteiger partial charge < -0.3 is 10.8 Å². The van der Waals surface area contributed by atoms with E-state index in [0.717, 1.165) is 16.7 Å². The molecule has 0 saturated heterocycles. The zero-order chi connectivity index (χ0) is 10.7. The minimum absolute atomic E-state index is 0.133. The minimum atomic E-state index is -0.788. The van der Waals surface area contributed by atoms with E-state index in [1.807, 2.05) is 26.0 Å². The van der Waals surface area contributed by atoms with E-state index in [0.29, 0.717) is 12.1 Å². The number of hydrogen-bond donors (Lipinski definition) is 2. The molecule has 0 amide bonds. The third-order valence-corrected chi connectivity index (χ3v) is 2.24. The largest absolute Gasteiger partial charge is 0.481 e. The fourth-order valence-electron chi connectivity index (χ4n) is 1.60. The first kappa shape index (κ1) is 10.6. The second kappa shape index (κ2) is 4.13. The van der Waals surface area contributed by atoms with Gasteiger partial charge in [-0.15, -0.1) is 0 Å². The van der Waals surface area contributed by atoms with E-state index in [2.05, 4.69) is 0 Å². The van der Waals surface area contributed by atoms with E-state index >= 15 is 0 Å². The van der Waals surface area contributed by atoms with Crippen molar-refractivity contribution in [3.63, 3.8) is 0 Å². The number of aryl methyl sites for hydroxylation is 2. The lowest BCUT2D eigenvalue weighted by molar-refractivity contribution is -0.136. The lowest BCUT2D eigenvalue weighted by atomic mass is 9.99. The highest BCUT2D eigenvalue weighted by atomic mass is 16.4. The molecule has 0 saturated carbocycles. The van der Waals surface area contributed by atoms with Gasteiger partial charge in [0.05, 0.1) is 0 Å². The monoisotopic (exact) mass is 193 g/mol. The zero-order valence-electron chi connectivity index (χ0n) is 8.50. The van der Waals surface area contributed by atoms with Crippen molar-refractivity contribution in [1.29, 1.82) is 0 Å². The van der Waals surface area contributed by atoms with Gasteiger partial charge in [-0.1, -0.05) is 6.07 Å². The van der Waals surface area contributed by atoms with Gasteiger partial charge in [-0.25, -0.2) is 0 Å². The lowest BCUT2D eigenvalue weighted by Crippen LogP contribution is -2.03. The van der Waals surface area contributed by atoms with Crippen LogP contribution in [0, 0.1) is 13.8 Å². The predicted molar refractivity (Wildman–Crippen MR) is 56.3 cm³/mol. The molecule has 0 spiro atoms. The highest BCUT2D eigenvalue weighted by Crippen LogP contribution is 2.20. The van der Waals surface area contributed by atoms with Crippen LogP contribution in [0.25, 0.3) is 0 Å². The number of benzene rings is 1. The fraction of sp³-hybridized carbons (Fsp3) is 0.364. The van der Waals surface area contributed by atoms with Gasteiger partial charge in [0.1, 0.15) is 0 Å². The number of nitrogens with two attached hydrogens (primary N) is 1. The number of aliphatic carboxylic acids is 1. The van der Waals surface area contributed by atoms with Crippen LogP contribution >= 0.6 is 0 Å². The van der Waals surface area contributed by atoms with Crippen molar-refractivity contribution in [3.8, 4) is 0 Å². The molecule has 0 unspecified atom stereocenters. The summed E-state index contributed by atoms with van der Waals surface area (Å²) < 4.78 is 0. The molecule has 0 bridgehead atoms. The summed E-state index contributed by atoms with van der Waals surface area (Å²) in [6.45, 7) is 3.94. The van der Waals surface area contributed by atoms with Crippen molar-refractivity contribution in [2.45, 2.75) is 26.7 Å². The topological polar surface area (TPSA) is 63.3 Å². The highest BCUT2D eigenvalue weighted by Gasteiger charge is 2.06. The molecule has 3 heteroatoms. The van der Waals surface area contributed by atoms with Gasteiger partial charge in [0, 0.05) is 12.1 Å². The molecule has 0 aliphatic carbocycles. The Labute approximate surface area is 83.6 Å². The van der Waals surface area contributed by atoms with Crippen molar-refractivity contribution in [2.75, 3.05) is 5.73 Å². The van der Waals surface area contributed by atoms with Crippen molar-refractivity contribution in [3.05, 3.63) is 28.8 Å². The van der Waals surface area contributed by atoms with Crippen LogP contribution in [0.2, 0.25) is 0 Å². The molecular formula is C11H15NO2. The first-order chi connectivity index (χ1) is 6.50. The summed E-state index contributed by atoms with van der Waals surface area (Å²) >= 11 is 0. The Morgan fingerprint density at radius 1 is 1.43 bits per heavy atom. The van der Waals surface area contributed by atoms with E-state index in [9.17, 15) is 4.79 Å². The maximum atomic E-state index is 10.4. The van der Waals surface area contributed by atoms with Crippen LogP contribution < -0.4 is 5.73 Å². The number of hydrogen-bond acceptors (Lipinski definition) is 2. The molecule has 0 aliphatic rings. The Morgan fingerprint density at radius 2 is 2.07 bits per heavy atom. The van der Waals surface area contributed by atoms with Gasteiger partial charge in [-0.05, 0) is 43.0 Å². The SMILES string of the molecule is Cc1cc(C)c(CCC(=O)O)c(N)c1. The van der Waals surface area contributed by atoms with Gasteiger partial charge in [0.2, 0.25) is 0 Å². The Morgan fingerprint density at radius 3 is 2.57 bits per heavy atom. The van der Waals surface area contributed by atoms with E-state index in [4.69, 9.17) is 10.8 Å². The maximum Gasteiger partial charge on any atom is 0.303 e. The van der Waals surface area contributed by atoms with Crippen molar-refractivity contribution in [1.82, 2.24) is 0 Å². The smallest absolute Gasteiger partial charge is 0.303 e. The number of nitrogen functional groups attached to an aromatic ring is 1. The molecule has 0 fully saturated rings. The molecule has 3 N–H and O–H groups in total. The quantitative estimate of drug-likeness (QED) is 0.721. The summed E-state index contributed by atoms with van der Waals surface area (Å²) in [7, 11) is 0. The summed E-state index contributed by atoms with van der Waals surface area (Å²) in [5, 5.41) is 8.57. The second-order valence-electron chi connectivity index (χ2n) is 3.54. The average Bonchev–Trinajstić information content (AvgIpc) is 2.01.